The molecule has 50 heavy (non-hydrogen) atoms. The summed E-state index contributed by atoms with van der Waals surface area (Å²) >= 11 is 0. The first kappa shape index (κ1) is 41.9. The molecule has 1 aliphatic rings. The lowest BCUT2D eigenvalue weighted by atomic mass is 10.0. The third-order valence-corrected chi connectivity index (χ3v) is 9.18. The monoisotopic (exact) mass is 675 g/mol. The van der Waals surface area contributed by atoms with E-state index < -0.39 is 0 Å². The fraction of sp³-hybridized carbons (Fsp3) is 0.413. The zero-order valence-corrected chi connectivity index (χ0v) is 32.9. The van der Waals surface area contributed by atoms with E-state index in [0.717, 1.165) is 69.8 Å². The van der Waals surface area contributed by atoms with Crippen LogP contribution in [0.1, 0.15) is 127 Å². The number of aryl methyl sites for hydroxylation is 1. The predicted molar refractivity (Wildman–Crippen MR) is 226 cm³/mol. The van der Waals surface area contributed by atoms with Gasteiger partial charge in [-0.2, -0.15) is 0 Å². The number of rotatable bonds is 14. The van der Waals surface area contributed by atoms with Crippen molar-refractivity contribution in [3.8, 4) is 0 Å². The minimum absolute atomic E-state index is 0.726. The third kappa shape index (κ3) is 13.5. The molecule has 0 aromatic heterocycles. The van der Waals surface area contributed by atoms with E-state index in [1.54, 1.807) is 0 Å². The van der Waals surface area contributed by atoms with Gasteiger partial charge in [0.05, 0.1) is 11.4 Å². The van der Waals surface area contributed by atoms with Crippen LogP contribution in [-0.4, -0.2) is 17.8 Å². The van der Waals surface area contributed by atoms with Crippen molar-refractivity contribution in [2.24, 2.45) is 10.9 Å². The Bertz CT molecular complexity index is 1550. The number of aliphatic imine (C=N–C) groups is 1. The molecule has 1 atom stereocenters. The normalized spacial score (nSPS) is 12.7. The maximum Gasteiger partial charge on any atom is 0.154 e. The SMILES string of the molecule is C=C(CCCC)c1ccc(NC2=NC(c3cccc(NC(=C)c4ccc(C)cc4)c3C)=CN(C)C2=C)cc1.CCCC.CCCCC(C)CC. The lowest BCUT2D eigenvalue weighted by molar-refractivity contribution is 0.492. The van der Waals surface area contributed by atoms with E-state index in [2.05, 4.69) is 146 Å². The summed E-state index contributed by atoms with van der Waals surface area (Å²) in [6, 6.07) is 23.0. The number of nitrogens with zero attached hydrogens (tertiary/aromatic N) is 2. The number of amidine groups is 1. The molecule has 1 unspecified atom stereocenters. The summed E-state index contributed by atoms with van der Waals surface area (Å²) in [5.74, 6) is 1.68. The Morgan fingerprint density at radius 1 is 0.800 bits per heavy atom. The van der Waals surface area contributed by atoms with E-state index in [1.807, 2.05) is 24.2 Å². The first-order valence-corrected chi connectivity index (χ1v) is 18.9. The van der Waals surface area contributed by atoms with Gasteiger partial charge in [-0.3, -0.25) is 0 Å². The van der Waals surface area contributed by atoms with Gasteiger partial charge in [0.15, 0.2) is 5.84 Å². The molecular formula is C46H66N4. The van der Waals surface area contributed by atoms with Gasteiger partial charge in [0, 0.05) is 35.9 Å². The Morgan fingerprint density at radius 2 is 1.42 bits per heavy atom. The van der Waals surface area contributed by atoms with E-state index in [-0.39, 0.29) is 0 Å². The van der Waals surface area contributed by atoms with Gasteiger partial charge in [0.2, 0.25) is 0 Å². The van der Waals surface area contributed by atoms with Crippen LogP contribution in [0.4, 0.5) is 11.4 Å². The van der Waals surface area contributed by atoms with Crippen LogP contribution >= 0.6 is 0 Å². The number of anilines is 2. The molecule has 0 spiro atoms. The Kier molecular flexibility index (Phi) is 18.8. The number of allylic oxidation sites excluding steroid dienone is 1. The van der Waals surface area contributed by atoms with E-state index in [0.29, 0.717) is 0 Å². The zero-order chi connectivity index (χ0) is 37.1. The summed E-state index contributed by atoms with van der Waals surface area (Å²) in [6.45, 7) is 30.4. The summed E-state index contributed by atoms with van der Waals surface area (Å²) < 4.78 is 0. The van der Waals surface area contributed by atoms with Gasteiger partial charge in [0.25, 0.3) is 0 Å². The van der Waals surface area contributed by atoms with Crippen molar-refractivity contribution in [1.82, 2.24) is 4.90 Å². The molecule has 0 bridgehead atoms. The van der Waals surface area contributed by atoms with Crippen LogP contribution < -0.4 is 10.6 Å². The van der Waals surface area contributed by atoms with E-state index >= 15 is 0 Å². The third-order valence-electron chi connectivity index (χ3n) is 9.18. The van der Waals surface area contributed by atoms with Gasteiger partial charge < -0.3 is 15.5 Å². The van der Waals surface area contributed by atoms with Crippen molar-refractivity contribution in [3.63, 3.8) is 0 Å². The predicted octanol–water partition coefficient (Wildman–Crippen LogP) is 13.9. The fourth-order valence-corrected chi connectivity index (χ4v) is 5.13. The smallest absolute Gasteiger partial charge is 0.154 e. The van der Waals surface area contributed by atoms with Crippen molar-refractivity contribution in [2.75, 3.05) is 17.7 Å². The van der Waals surface area contributed by atoms with Crippen LogP contribution in [0, 0.1) is 19.8 Å². The highest BCUT2D eigenvalue weighted by Crippen LogP contribution is 2.31. The zero-order valence-electron chi connectivity index (χ0n) is 32.9. The summed E-state index contributed by atoms with van der Waals surface area (Å²) in [5.41, 5.74) is 11.3. The highest BCUT2D eigenvalue weighted by atomic mass is 15.2. The number of hydrogen-bond acceptors (Lipinski definition) is 4. The molecule has 1 heterocycles. The minimum Gasteiger partial charge on any atom is -0.355 e. The largest absolute Gasteiger partial charge is 0.355 e. The summed E-state index contributed by atoms with van der Waals surface area (Å²) in [6.07, 6.45) is 13.6. The average molecular weight is 675 g/mol. The van der Waals surface area contributed by atoms with Gasteiger partial charge in [0.1, 0.15) is 0 Å². The van der Waals surface area contributed by atoms with Crippen molar-refractivity contribution in [2.45, 2.75) is 113 Å². The maximum atomic E-state index is 4.98. The Labute approximate surface area is 306 Å². The van der Waals surface area contributed by atoms with Gasteiger partial charge in [-0.15, -0.1) is 0 Å². The molecule has 3 aromatic rings. The van der Waals surface area contributed by atoms with Crippen LogP contribution in [0.2, 0.25) is 0 Å². The second-order valence-electron chi connectivity index (χ2n) is 13.5. The molecular weight excluding hydrogens is 609 g/mol. The van der Waals surface area contributed by atoms with Crippen LogP contribution in [0.25, 0.3) is 17.0 Å². The molecule has 0 aliphatic carbocycles. The molecule has 4 heteroatoms. The molecule has 4 rings (SSSR count). The van der Waals surface area contributed by atoms with Crippen molar-refractivity contribution >= 4 is 34.2 Å². The lowest BCUT2D eigenvalue weighted by Crippen LogP contribution is -2.27. The van der Waals surface area contributed by atoms with Crippen molar-refractivity contribution in [3.05, 3.63) is 126 Å². The van der Waals surface area contributed by atoms with E-state index in [9.17, 15) is 0 Å². The first-order chi connectivity index (χ1) is 24.0. The van der Waals surface area contributed by atoms with Gasteiger partial charge in [-0.1, -0.05) is 160 Å². The Morgan fingerprint density at radius 3 is 2.00 bits per heavy atom. The molecule has 0 saturated heterocycles. The summed E-state index contributed by atoms with van der Waals surface area (Å²) in [4.78, 5) is 6.99. The minimum atomic E-state index is 0.726. The molecule has 2 N–H and O–H groups in total. The topological polar surface area (TPSA) is 39.7 Å². The molecule has 270 valence electrons. The summed E-state index contributed by atoms with van der Waals surface area (Å²) in [7, 11) is 2.00. The molecule has 3 aromatic carbocycles. The van der Waals surface area contributed by atoms with Gasteiger partial charge in [-0.05, 0) is 73.1 Å². The molecule has 1 aliphatic heterocycles. The van der Waals surface area contributed by atoms with Gasteiger partial charge in [-0.25, -0.2) is 4.99 Å². The number of likely N-dealkylation sites (N-methyl/N-ethyl adjacent to an activating group) is 1. The molecule has 0 radical (unpaired) electrons. The maximum absolute atomic E-state index is 4.98. The number of nitrogens with one attached hydrogen (secondary N) is 2. The van der Waals surface area contributed by atoms with Crippen molar-refractivity contribution in [1.29, 1.82) is 0 Å². The highest BCUT2D eigenvalue weighted by Gasteiger charge is 2.19. The van der Waals surface area contributed by atoms with E-state index in [1.165, 1.54) is 61.6 Å². The highest BCUT2D eigenvalue weighted by molar-refractivity contribution is 6.10. The summed E-state index contributed by atoms with van der Waals surface area (Å²) in [5, 5.41) is 6.97. The molecule has 0 amide bonds. The second-order valence-corrected chi connectivity index (χ2v) is 13.5. The quantitative estimate of drug-likeness (QED) is 0.179. The number of hydrogen-bond donors (Lipinski definition) is 2. The fourth-order valence-electron chi connectivity index (χ4n) is 5.13. The second kappa shape index (κ2) is 22.4. The van der Waals surface area contributed by atoms with Crippen molar-refractivity contribution < 1.29 is 0 Å². The number of unbranched alkanes of at least 4 members (excludes halogenated alkanes) is 3. The standard InChI is InChI=1S/C34H38N4.C8H18.C4H10/c1-8-9-11-24(3)28-18-20-30(21-19-28)36-34-27(6)38(7)22-33(37-34)31-12-10-13-32(25(31)4)35-26(5)29-16-14-23(2)15-17-29;1-4-6-7-8(3)5-2;1-3-4-2/h10,12-22,35H,3,5-6,8-9,11H2,1-2,4,7H3,(H,36,37);8H,4-7H2,1-3H3;3-4H2,1-2H3. The Balaban J connectivity index is 0.000000620. The van der Waals surface area contributed by atoms with Gasteiger partial charge >= 0.3 is 0 Å². The first-order valence-electron chi connectivity index (χ1n) is 18.9. The molecule has 0 fully saturated rings. The number of benzene rings is 3. The lowest BCUT2D eigenvalue weighted by Gasteiger charge is -2.26. The van der Waals surface area contributed by atoms with Crippen LogP contribution in [0.3, 0.4) is 0 Å². The van der Waals surface area contributed by atoms with E-state index in [4.69, 9.17) is 4.99 Å². The molecule has 4 nitrogen and oxygen atoms in total. The van der Waals surface area contributed by atoms with Crippen LogP contribution in [-0.2, 0) is 0 Å². The van der Waals surface area contributed by atoms with Crippen LogP contribution in [0.15, 0.2) is 103 Å². The average Bonchev–Trinajstić information content (AvgIpc) is 3.13. The van der Waals surface area contributed by atoms with Crippen LogP contribution in [0.5, 0.6) is 0 Å². The molecule has 0 saturated carbocycles. The Hall–Kier alpha value is -4.31.